The second-order valence-corrected chi connectivity index (χ2v) is 9.72. The van der Waals surface area contributed by atoms with Gasteiger partial charge in [-0.25, -0.2) is 13.1 Å². The zero-order valence-electron chi connectivity index (χ0n) is 18.1. The Labute approximate surface area is 198 Å². The molecule has 0 saturated carbocycles. The van der Waals surface area contributed by atoms with E-state index in [-0.39, 0.29) is 11.1 Å². The van der Waals surface area contributed by atoms with Crippen LogP contribution in [0.4, 0.5) is 13.2 Å². The molecule has 3 rings (SSSR count). The Balaban J connectivity index is 1.91. The van der Waals surface area contributed by atoms with Crippen molar-refractivity contribution < 1.29 is 35.9 Å². The third-order valence-electron chi connectivity index (χ3n) is 4.80. The second-order valence-electron chi connectivity index (χ2n) is 7.00. The predicted molar refractivity (Wildman–Crippen MR) is 124 cm³/mol. The number of sulfonamides is 1. The molecule has 0 aliphatic carbocycles. The molecule has 0 unspecified atom stereocenters. The molecule has 0 fully saturated rings. The summed E-state index contributed by atoms with van der Waals surface area (Å²) in [4.78, 5) is 13.6. The minimum absolute atomic E-state index is 0.0862. The van der Waals surface area contributed by atoms with Crippen molar-refractivity contribution in [1.82, 2.24) is 4.72 Å². The summed E-state index contributed by atoms with van der Waals surface area (Å²) < 4.78 is 73.5. The van der Waals surface area contributed by atoms with Gasteiger partial charge in [-0.05, 0) is 41.8 Å². The zero-order valence-corrected chi connectivity index (χ0v) is 19.7. The van der Waals surface area contributed by atoms with Gasteiger partial charge in [0.2, 0.25) is 10.0 Å². The first-order chi connectivity index (χ1) is 16.0. The van der Waals surface area contributed by atoms with Crippen molar-refractivity contribution in [3.8, 4) is 21.9 Å². The monoisotopic (exact) mass is 511 g/mol. The molecule has 0 atom stereocenters. The fourth-order valence-corrected chi connectivity index (χ4v) is 4.86. The molecule has 0 aliphatic rings. The molecule has 180 valence electrons. The van der Waals surface area contributed by atoms with E-state index in [2.05, 4.69) is 6.58 Å². The van der Waals surface area contributed by atoms with E-state index in [0.29, 0.717) is 17.1 Å². The van der Waals surface area contributed by atoms with Crippen molar-refractivity contribution in [1.29, 1.82) is 0 Å². The lowest BCUT2D eigenvalue weighted by Gasteiger charge is -2.16. The van der Waals surface area contributed by atoms with Gasteiger partial charge in [0.15, 0.2) is 5.78 Å². The lowest BCUT2D eigenvalue weighted by atomic mass is 9.95. The summed E-state index contributed by atoms with van der Waals surface area (Å²) in [7, 11) is -1.44. The normalized spacial score (nSPS) is 11.8. The number of Topliss-reactive ketones (excluding diaryl/α,β-unsaturated/α-hetero) is 1. The van der Waals surface area contributed by atoms with Crippen molar-refractivity contribution in [3.05, 3.63) is 71.6 Å². The Hall–Kier alpha value is -3.15. The third kappa shape index (κ3) is 5.66. The maximum Gasteiger partial charge on any atom is 0.402 e. The van der Waals surface area contributed by atoms with Gasteiger partial charge in [-0.15, -0.1) is 11.3 Å². The number of rotatable bonds is 9. The van der Waals surface area contributed by atoms with Crippen LogP contribution in [-0.4, -0.2) is 41.1 Å². The number of thiophene rings is 1. The highest BCUT2D eigenvalue weighted by molar-refractivity contribution is 7.89. The average molecular weight is 512 g/mol. The summed E-state index contributed by atoms with van der Waals surface area (Å²) in [6.07, 6.45) is -4.69. The summed E-state index contributed by atoms with van der Waals surface area (Å²) >= 11 is 1.48. The average Bonchev–Trinajstić information content (AvgIpc) is 3.35. The second kappa shape index (κ2) is 10.00. The SMILES string of the molecule is C=C(C(=O)c1ccc(S(=O)(=O)NCC(F)(F)F)cc1)c1cc(-c2cccs2)c(OC)cc1OC. The molecule has 1 heterocycles. The van der Waals surface area contributed by atoms with E-state index in [9.17, 15) is 26.4 Å². The van der Waals surface area contributed by atoms with Crippen LogP contribution in [0.2, 0.25) is 0 Å². The molecule has 11 heteroatoms. The number of nitrogens with one attached hydrogen (secondary N) is 1. The fraction of sp³-hybridized carbons (Fsp3) is 0.174. The van der Waals surface area contributed by atoms with Crippen LogP contribution >= 0.6 is 11.3 Å². The van der Waals surface area contributed by atoms with Gasteiger partial charge in [0.05, 0.1) is 19.1 Å². The number of hydrogen-bond acceptors (Lipinski definition) is 6. The zero-order chi connectivity index (χ0) is 25.1. The van der Waals surface area contributed by atoms with Gasteiger partial charge >= 0.3 is 6.18 Å². The van der Waals surface area contributed by atoms with Gasteiger partial charge in [0, 0.05) is 33.2 Å². The quantitative estimate of drug-likeness (QED) is 0.317. The Morgan fingerprint density at radius 3 is 2.24 bits per heavy atom. The minimum atomic E-state index is -4.69. The van der Waals surface area contributed by atoms with Crippen LogP contribution in [0.5, 0.6) is 11.5 Å². The third-order valence-corrected chi connectivity index (χ3v) is 7.12. The number of alkyl halides is 3. The lowest BCUT2D eigenvalue weighted by Crippen LogP contribution is -2.33. The van der Waals surface area contributed by atoms with Crippen molar-refractivity contribution >= 4 is 32.7 Å². The van der Waals surface area contributed by atoms with Gasteiger partial charge in [0.1, 0.15) is 18.0 Å². The summed E-state index contributed by atoms with van der Waals surface area (Å²) in [5.41, 5.74) is 1.35. The molecular formula is C23H20F3NO5S2. The predicted octanol–water partition coefficient (Wildman–Crippen LogP) is 5.17. The van der Waals surface area contributed by atoms with E-state index in [4.69, 9.17) is 9.47 Å². The fourth-order valence-electron chi connectivity index (χ4n) is 3.10. The molecule has 0 bridgehead atoms. The van der Waals surface area contributed by atoms with E-state index in [1.165, 1.54) is 42.4 Å². The number of benzene rings is 2. The summed E-state index contributed by atoms with van der Waals surface area (Å²) in [6, 6.07) is 11.7. The van der Waals surface area contributed by atoms with Gasteiger partial charge in [-0.3, -0.25) is 4.79 Å². The standard InChI is InChI=1S/C23H20F3NO5S2/c1-14(17-11-18(21-5-4-10-33-21)20(32-3)12-19(17)31-2)22(28)15-6-8-16(9-7-15)34(29,30)27-13-23(24,25)26/h4-12,27H,1,13H2,2-3H3. The number of halogens is 3. The molecule has 34 heavy (non-hydrogen) atoms. The molecule has 0 radical (unpaired) electrons. The molecular weight excluding hydrogens is 491 g/mol. The Morgan fingerprint density at radius 2 is 1.71 bits per heavy atom. The van der Waals surface area contributed by atoms with E-state index < -0.39 is 33.4 Å². The minimum Gasteiger partial charge on any atom is -0.496 e. The molecule has 0 spiro atoms. The highest BCUT2D eigenvalue weighted by atomic mass is 32.2. The number of carbonyl (C=O) groups excluding carboxylic acids is 1. The van der Waals surface area contributed by atoms with Crippen LogP contribution in [0.1, 0.15) is 15.9 Å². The summed E-state index contributed by atoms with van der Waals surface area (Å²) in [5, 5.41) is 1.90. The van der Waals surface area contributed by atoms with Gasteiger partial charge in [0.25, 0.3) is 0 Å². The molecule has 1 N–H and O–H groups in total. The van der Waals surface area contributed by atoms with Gasteiger partial charge in [-0.2, -0.15) is 13.2 Å². The molecule has 2 aromatic carbocycles. The highest BCUT2D eigenvalue weighted by Gasteiger charge is 2.30. The van der Waals surface area contributed by atoms with Crippen molar-refractivity contribution in [2.75, 3.05) is 20.8 Å². The summed E-state index contributed by atoms with van der Waals surface area (Å²) in [5.74, 6) is 0.392. The first-order valence-corrected chi connectivity index (χ1v) is 12.0. The molecule has 0 amide bonds. The van der Waals surface area contributed by atoms with E-state index in [1.54, 1.807) is 12.1 Å². The Bertz CT molecular complexity index is 1300. The number of ketones is 1. The van der Waals surface area contributed by atoms with E-state index >= 15 is 0 Å². The molecule has 6 nitrogen and oxygen atoms in total. The molecule has 3 aromatic rings. The number of hydrogen-bond donors (Lipinski definition) is 1. The van der Waals surface area contributed by atoms with Crippen molar-refractivity contribution in [2.24, 2.45) is 0 Å². The summed E-state index contributed by atoms with van der Waals surface area (Å²) in [6.45, 7) is 2.20. The van der Waals surface area contributed by atoms with Crippen LogP contribution < -0.4 is 14.2 Å². The Kier molecular flexibility index (Phi) is 7.49. The first-order valence-electron chi connectivity index (χ1n) is 9.67. The van der Waals surface area contributed by atoms with Crippen LogP contribution in [-0.2, 0) is 10.0 Å². The van der Waals surface area contributed by atoms with Crippen molar-refractivity contribution in [2.45, 2.75) is 11.1 Å². The van der Waals surface area contributed by atoms with Crippen LogP contribution in [0.15, 0.2) is 65.4 Å². The number of allylic oxidation sites excluding steroid dienone is 1. The van der Waals surface area contributed by atoms with Crippen LogP contribution in [0, 0.1) is 0 Å². The van der Waals surface area contributed by atoms with Crippen LogP contribution in [0.25, 0.3) is 16.0 Å². The molecule has 1 aromatic heterocycles. The van der Waals surface area contributed by atoms with Gasteiger partial charge < -0.3 is 9.47 Å². The first kappa shape index (κ1) is 25.5. The number of carbonyl (C=O) groups is 1. The maximum atomic E-state index is 13.1. The highest BCUT2D eigenvalue weighted by Crippen LogP contribution is 2.40. The maximum absolute atomic E-state index is 13.1. The van der Waals surface area contributed by atoms with E-state index in [0.717, 1.165) is 22.6 Å². The van der Waals surface area contributed by atoms with Crippen molar-refractivity contribution in [3.63, 3.8) is 0 Å². The van der Waals surface area contributed by atoms with Gasteiger partial charge in [-0.1, -0.05) is 12.6 Å². The van der Waals surface area contributed by atoms with E-state index in [1.807, 2.05) is 17.5 Å². The lowest BCUT2D eigenvalue weighted by molar-refractivity contribution is -0.121. The smallest absolute Gasteiger partial charge is 0.402 e. The number of ether oxygens (including phenoxy) is 2. The molecule has 0 saturated heterocycles. The topological polar surface area (TPSA) is 81.7 Å². The largest absolute Gasteiger partial charge is 0.496 e. The number of methoxy groups -OCH3 is 2. The molecule has 0 aliphatic heterocycles. The van der Waals surface area contributed by atoms with Crippen LogP contribution in [0.3, 0.4) is 0 Å². The Morgan fingerprint density at radius 1 is 1.06 bits per heavy atom.